The molecule has 1 aliphatic rings. The van der Waals surface area contributed by atoms with Crippen LogP contribution in [0.3, 0.4) is 0 Å². The summed E-state index contributed by atoms with van der Waals surface area (Å²) in [5, 5.41) is 4.57. The van der Waals surface area contributed by atoms with Gasteiger partial charge in [-0.1, -0.05) is 6.07 Å². The van der Waals surface area contributed by atoms with Crippen molar-refractivity contribution in [3.8, 4) is 28.9 Å². The zero-order valence-electron chi connectivity index (χ0n) is 14.4. The molecule has 0 bridgehead atoms. The summed E-state index contributed by atoms with van der Waals surface area (Å²) in [4.78, 5) is 17.2. The number of thiophene rings is 1. The van der Waals surface area contributed by atoms with Crippen LogP contribution in [0, 0.1) is 0 Å². The number of aromatic nitrogens is 1. The van der Waals surface area contributed by atoms with E-state index >= 15 is 0 Å². The zero-order valence-corrected chi connectivity index (χ0v) is 15.2. The van der Waals surface area contributed by atoms with Crippen molar-refractivity contribution in [2.24, 2.45) is 0 Å². The van der Waals surface area contributed by atoms with Gasteiger partial charge in [-0.3, -0.25) is 4.79 Å². The monoisotopic (exact) mass is 384 g/mol. The quantitative estimate of drug-likeness (QED) is 0.717. The third-order valence-electron chi connectivity index (χ3n) is 3.77. The maximum atomic E-state index is 12.5. The lowest BCUT2D eigenvalue weighted by Gasteiger charge is -2.15. The van der Waals surface area contributed by atoms with Crippen LogP contribution < -0.4 is 24.3 Å². The highest BCUT2D eigenvalue weighted by Crippen LogP contribution is 2.39. The van der Waals surface area contributed by atoms with Crippen molar-refractivity contribution in [3.63, 3.8) is 0 Å². The number of rotatable bonds is 5. The Morgan fingerprint density at radius 2 is 2.04 bits per heavy atom. The van der Waals surface area contributed by atoms with Gasteiger partial charge in [-0.25, -0.2) is 4.98 Å². The highest BCUT2D eigenvalue weighted by Gasteiger charge is 2.23. The van der Waals surface area contributed by atoms with Crippen LogP contribution in [0.1, 0.15) is 9.67 Å². The molecule has 1 amide bonds. The molecule has 3 heterocycles. The second-order valence-electron chi connectivity index (χ2n) is 5.58. The number of carbonyl (C=O) groups excluding carboxylic acids is 1. The van der Waals surface area contributed by atoms with Crippen LogP contribution in [0.15, 0.2) is 48.0 Å². The molecule has 0 spiro atoms. The summed E-state index contributed by atoms with van der Waals surface area (Å²) in [5.74, 6) is 2.55. The lowest BCUT2D eigenvalue weighted by molar-refractivity contribution is 0.102. The molecule has 8 heteroatoms. The maximum absolute atomic E-state index is 12.5. The third kappa shape index (κ3) is 3.80. The molecule has 4 rings (SSSR count). The van der Waals surface area contributed by atoms with Crippen LogP contribution in [-0.4, -0.2) is 31.2 Å². The van der Waals surface area contributed by atoms with Gasteiger partial charge < -0.3 is 24.3 Å². The first kappa shape index (κ1) is 17.2. The van der Waals surface area contributed by atoms with E-state index in [2.05, 4.69) is 10.3 Å². The molecule has 0 aliphatic carbocycles. The molecule has 0 atom stereocenters. The number of benzene rings is 1. The average Bonchev–Trinajstić information content (AvgIpc) is 3.14. The second-order valence-corrected chi connectivity index (χ2v) is 6.46. The van der Waals surface area contributed by atoms with Crippen molar-refractivity contribution in [1.82, 2.24) is 4.98 Å². The van der Waals surface area contributed by atoms with Gasteiger partial charge in [-0.15, -0.1) is 11.3 Å². The van der Waals surface area contributed by atoms with Gasteiger partial charge in [0.1, 0.15) is 29.6 Å². The average molecular weight is 384 g/mol. The topological polar surface area (TPSA) is 78.9 Å². The van der Waals surface area contributed by atoms with Crippen molar-refractivity contribution in [2.75, 3.05) is 25.6 Å². The molecule has 0 saturated heterocycles. The molecule has 2 aromatic heterocycles. The molecule has 1 N–H and O–H groups in total. The first-order valence-corrected chi connectivity index (χ1v) is 9.07. The lowest BCUT2D eigenvalue weighted by Crippen LogP contribution is -2.17. The highest BCUT2D eigenvalue weighted by atomic mass is 32.1. The number of carbonyl (C=O) groups is 1. The molecule has 1 aromatic carbocycles. The first-order valence-electron chi connectivity index (χ1n) is 8.19. The number of ether oxygens (including phenoxy) is 4. The highest BCUT2D eigenvalue weighted by molar-refractivity contribution is 7.13. The summed E-state index contributed by atoms with van der Waals surface area (Å²) in [7, 11) is 1.59. The number of hydrogen-bond acceptors (Lipinski definition) is 7. The van der Waals surface area contributed by atoms with Crippen LogP contribution in [0.4, 0.5) is 5.69 Å². The molecular weight excluding hydrogens is 368 g/mol. The van der Waals surface area contributed by atoms with Gasteiger partial charge in [0.15, 0.2) is 11.5 Å². The predicted octanol–water partition coefficient (Wildman–Crippen LogP) is 3.97. The van der Waals surface area contributed by atoms with Gasteiger partial charge in [0, 0.05) is 17.5 Å². The molecule has 0 unspecified atom stereocenters. The molecule has 1 aliphatic heterocycles. The number of nitrogens with zero attached hydrogens (tertiary/aromatic N) is 1. The Morgan fingerprint density at radius 1 is 1.19 bits per heavy atom. The summed E-state index contributed by atoms with van der Waals surface area (Å²) in [6, 6.07) is 10.6. The van der Waals surface area contributed by atoms with Gasteiger partial charge in [0.2, 0.25) is 5.88 Å². The number of nitrogens with one attached hydrogen (secondary N) is 1. The van der Waals surface area contributed by atoms with Crippen LogP contribution in [-0.2, 0) is 0 Å². The Morgan fingerprint density at radius 3 is 2.85 bits per heavy atom. The number of amides is 1. The standard InChI is InChI=1S/C19H16N2O5S/c1-23-13-3-2-4-14(9-13)26-16-6-5-12(10-20-16)21-19(22)18-17-15(11-27-18)24-7-8-25-17/h2-6,9-11H,7-8H2,1H3,(H,21,22). The van der Waals surface area contributed by atoms with E-state index in [9.17, 15) is 4.79 Å². The number of fused-ring (bicyclic) bond motifs is 1. The molecule has 27 heavy (non-hydrogen) atoms. The Kier molecular flexibility index (Phi) is 4.80. The molecule has 3 aromatic rings. The van der Waals surface area contributed by atoms with Gasteiger partial charge in [0.25, 0.3) is 5.91 Å². The zero-order chi connectivity index (χ0) is 18.6. The van der Waals surface area contributed by atoms with Gasteiger partial charge in [-0.2, -0.15) is 0 Å². The lowest BCUT2D eigenvalue weighted by atomic mass is 10.3. The largest absolute Gasteiger partial charge is 0.497 e. The van der Waals surface area contributed by atoms with E-state index < -0.39 is 0 Å². The fourth-order valence-electron chi connectivity index (χ4n) is 2.51. The number of anilines is 1. The van der Waals surface area contributed by atoms with Gasteiger partial charge in [-0.05, 0) is 18.2 Å². The summed E-state index contributed by atoms with van der Waals surface area (Å²) in [6.07, 6.45) is 1.53. The van der Waals surface area contributed by atoms with E-state index in [0.717, 1.165) is 0 Å². The predicted molar refractivity (Wildman–Crippen MR) is 101 cm³/mol. The summed E-state index contributed by atoms with van der Waals surface area (Å²) in [6.45, 7) is 0.922. The van der Waals surface area contributed by atoms with Crippen molar-refractivity contribution in [1.29, 1.82) is 0 Å². The van der Waals surface area contributed by atoms with Gasteiger partial charge in [0.05, 0.1) is 19.0 Å². The van der Waals surface area contributed by atoms with Crippen LogP contribution in [0.5, 0.6) is 28.9 Å². The van der Waals surface area contributed by atoms with E-state index in [4.69, 9.17) is 18.9 Å². The maximum Gasteiger partial charge on any atom is 0.269 e. The Balaban J connectivity index is 1.43. The Labute approximate surface area is 159 Å². The third-order valence-corrected chi connectivity index (χ3v) is 4.70. The number of pyridine rings is 1. The molecule has 0 radical (unpaired) electrons. The number of methoxy groups -OCH3 is 1. The SMILES string of the molecule is COc1cccc(Oc2ccc(NC(=O)c3scc4c3OCCO4)cn2)c1. The fraction of sp³-hybridized carbons (Fsp3) is 0.158. The molecule has 0 fully saturated rings. The summed E-state index contributed by atoms with van der Waals surface area (Å²) >= 11 is 1.28. The van der Waals surface area contributed by atoms with Gasteiger partial charge >= 0.3 is 0 Å². The molecular formula is C19H16N2O5S. The normalized spacial score (nSPS) is 12.3. The Hall–Kier alpha value is -3.26. The summed E-state index contributed by atoms with van der Waals surface area (Å²) in [5.41, 5.74) is 0.553. The van der Waals surface area contributed by atoms with E-state index in [1.807, 2.05) is 18.2 Å². The molecule has 138 valence electrons. The van der Waals surface area contributed by atoms with E-state index in [1.165, 1.54) is 17.5 Å². The van der Waals surface area contributed by atoms with Crippen LogP contribution in [0.25, 0.3) is 0 Å². The molecule has 7 nitrogen and oxygen atoms in total. The van der Waals surface area contributed by atoms with Crippen molar-refractivity contribution < 1.29 is 23.7 Å². The Bertz CT molecular complexity index is 955. The minimum Gasteiger partial charge on any atom is -0.497 e. The smallest absolute Gasteiger partial charge is 0.269 e. The number of hydrogen-bond donors (Lipinski definition) is 1. The van der Waals surface area contributed by atoms with Crippen molar-refractivity contribution in [3.05, 3.63) is 52.9 Å². The molecule has 0 saturated carbocycles. The first-order chi connectivity index (χ1) is 13.2. The van der Waals surface area contributed by atoms with Crippen LogP contribution in [0.2, 0.25) is 0 Å². The minimum atomic E-state index is -0.269. The second kappa shape index (κ2) is 7.55. The van der Waals surface area contributed by atoms with E-state index in [-0.39, 0.29) is 5.91 Å². The van der Waals surface area contributed by atoms with E-state index in [1.54, 1.807) is 30.7 Å². The minimum absolute atomic E-state index is 0.269. The summed E-state index contributed by atoms with van der Waals surface area (Å²) < 4.78 is 21.9. The van der Waals surface area contributed by atoms with E-state index in [0.29, 0.717) is 52.7 Å². The van der Waals surface area contributed by atoms with Crippen molar-refractivity contribution in [2.45, 2.75) is 0 Å². The van der Waals surface area contributed by atoms with Crippen LogP contribution >= 0.6 is 11.3 Å². The fourth-order valence-corrected chi connectivity index (χ4v) is 3.33. The van der Waals surface area contributed by atoms with Crippen molar-refractivity contribution >= 4 is 22.9 Å².